The Bertz CT molecular complexity index is 397. The second-order valence-corrected chi connectivity index (χ2v) is 2.52. The summed E-state index contributed by atoms with van der Waals surface area (Å²) in [5, 5.41) is 0.984. The Morgan fingerprint density at radius 2 is 2.45 bits per heavy atom. The summed E-state index contributed by atoms with van der Waals surface area (Å²) >= 11 is 0. The number of nitrogens with zero attached hydrogens (tertiary/aromatic N) is 3. The van der Waals surface area contributed by atoms with Gasteiger partial charge in [-0.1, -0.05) is 12.2 Å². The van der Waals surface area contributed by atoms with Gasteiger partial charge in [-0.2, -0.15) is 0 Å². The zero-order valence-electron chi connectivity index (χ0n) is 6.36. The maximum Gasteiger partial charge on any atom is 0.159 e. The topological polar surface area (TPSA) is 30.2 Å². The van der Waals surface area contributed by atoms with E-state index in [2.05, 4.69) is 16.1 Å². The van der Waals surface area contributed by atoms with Crippen LogP contribution in [0.15, 0.2) is 23.6 Å². The lowest BCUT2D eigenvalue weighted by Crippen LogP contribution is -2.28. The SMILES string of the molecule is Cn1cnc2c1=NC=CCC=2. The highest BCUT2D eigenvalue weighted by Gasteiger charge is 1.93. The fourth-order valence-corrected chi connectivity index (χ4v) is 1.11. The van der Waals surface area contributed by atoms with Crippen LogP contribution in [0.1, 0.15) is 6.42 Å². The first-order chi connectivity index (χ1) is 5.38. The van der Waals surface area contributed by atoms with E-state index in [4.69, 9.17) is 0 Å². The van der Waals surface area contributed by atoms with Crippen LogP contribution in [0.3, 0.4) is 0 Å². The molecule has 0 unspecified atom stereocenters. The van der Waals surface area contributed by atoms with E-state index >= 15 is 0 Å². The van der Waals surface area contributed by atoms with Crippen LogP contribution in [-0.2, 0) is 7.05 Å². The molecule has 0 spiro atoms. The van der Waals surface area contributed by atoms with Crippen molar-refractivity contribution in [3.8, 4) is 0 Å². The van der Waals surface area contributed by atoms with E-state index in [0.29, 0.717) is 0 Å². The average molecular weight is 147 g/mol. The van der Waals surface area contributed by atoms with Crippen LogP contribution in [0.2, 0.25) is 0 Å². The van der Waals surface area contributed by atoms with E-state index in [0.717, 1.165) is 17.3 Å². The summed E-state index contributed by atoms with van der Waals surface area (Å²) in [5.41, 5.74) is 0.943. The number of fused-ring (bicyclic) bond motifs is 1. The van der Waals surface area contributed by atoms with Crippen molar-refractivity contribution in [1.29, 1.82) is 0 Å². The van der Waals surface area contributed by atoms with Gasteiger partial charge in [-0.15, -0.1) is 0 Å². The van der Waals surface area contributed by atoms with Crippen molar-refractivity contribution in [1.82, 2.24) is 9.55 Å². The Morgan fingerprint density at radius 3 is 3.36 bits per heavy atom. The molecule has 0 atom stereocenters. The molecule has 3 nitrogen and oxygen atoms in total. The molecular weight excluding hydrogens is 138 g/mol. The molecular formula is C8H9N3. The zero-order valence-corrected chi connectivity index (χ0v) is 6.36. The highest BCUT2D eigenvalue weighted by atomic mass is 15.1. The minimum Gasteiger partial charge on any atom is -0.318 e. The van der Waals surface area contributed by atoms with Gasteiger partial charge in [0, 0.05) is 13.2 Å². The summed E-state index contributed by atoms with van der Waals surface area (Å²) in [5.74, 6) is 0. The molecule has 11 heavy (non-hydrogen) atoms. The van der Waals surface area contributed by atoms with Crippen molar-refractivity contribution >= 4 is 6.08 Å². The number of imidazole rings is 1. The van der Waals surface area contributed by atoms with E-state index in [1.807, 2.05) is 23.9 Å². The van der Waals surface area contributed by atoms with Gasteiger partial charge >= 0.3 is 0 Å². The molecule has 1 aromatic rings. The first kappa shape index (κ1) is 6.34. The van der Waals surface area contributed by atoms with Crippen LogP contribution in [0, 0.1) is 0 Å². The van der Waals surface area contributed by atoms with Gasteiger partial charge in [0.15, 0.2) is 5.49 Å². The van der Waals surface area contributed by atoms with Crippen LogP contribution in [0.25, 0.3) is 6.08 Å². The highest BCUT2D eigenvalue weighted by Crippen LogP contribution is 1.86. The molecule has 1 aromatic heterocycles. The molecule has 56 valence electrons. The molecule has 0 aliphatic carbocycles. The Hall–Kier alpha value is -1.38. The van der Waals surface area contributed by atoms with E-state index in [-0.39, 0.29) is 0 Å². The number of hydrogen-bond acceptors (Lipinski definition) is 2. The van der Waals surface area contributed by atoms with Crippen LogP contribution in [0.5, 0.6) is 0 Å². The van der Waals surface area contributed by atoms with Crippen molar-refractivity contribution in [2.45, 2.75) is 6.42 Å². The van der Waals surface area contributed by atoms with Gasteiger partial charge in [0.05, 0.1) is 6.33 Å². The van der Waals surface area contributed by atoms with Gasteiger partial charge in [0.2, 0.25) is 0 Å². The standard InChI is InChI=1S/C8H9N3/c1-11-6-10-7-4-2-3-5-9-8(7)11/h3-6H,2H2,1H3. The predicted molar refractivity (Wildman–Crippen MR) is 42.2 cm³/mol. The van der Waals surface area contributed by atoms with E-state index in [9.17, 15) is 0 Å². The third-order valence-corrected chi connectivity index (χ3v) is 1.68. The Morgan fingerprint density at radius 1 is 1.55 bits per heavy atom. The van der Waals surface area contributed by atoms with E-state index in [1.54, 1.807) is 6.33 Å². The van der Waals surface area contributed by atoms with Gasteiger partial charge in [0.25, 0.3) is 0 Å². The number of aryl methyl sites for hydroxylation is 1. The smallest absolute Gasteiger partial charge is 0.159 e. The number of rotatable bonds is 0. The Labute approximate surface area is 64.4 Å². The first-order valence-corrected chi connectivity index (χ1v) is 3.58. The summed E-state index contributed by atoms with van der Waals surface area (Å²) in [6.07, 6.45) is 8.62. The minimum atomic E-state index is 0.924. The van der Waals surface area contributed by atoms with Crippen molar-refractivity contribution in [2.75, 3.05) is 0 Å². The largest absolute Gasteiger partial charge is 0.318 e. The summed E-state index contributed by atoms with van der Waals surface area (Å²) in [7, 11) is 1.95. The maximum absolute atomic E-state index is 4.23. The second kappa shape index (κ2) is 2.34. The molecule has 2 heterocycles. The van der Waals surface area contributed by atoms with E-state index in [1.165, 1.54) is 0 Å². The molecule has 1 aliphatic heterocycles. The number of hydrogen-bond donors (Lipinski definition) is 0. The molecule has 0 saturated heterocycles. The van der Waals surface area contributed by atoms with Crippen molar-refractivity contribution < 1.29 is 0 Å². The third-order valence-electron chi connectivity index (χ3n) is 1.68. The lowest BCUT2D eigenvalue weighted by atomic mass is 10.4. The Balaban J connectivity index is 2.85. The van der Waals surface area contributed by atoms with Gasteiger partial charge in [-0.25, -0.2) is 9.98 Å². The van der Waals surface area contributed by atoms with Gasteiger partial charge < -0.3 is 4.57 Å². The van der Waals surface area contributed by atoms with E-state index < -0.39 is 0 Å². The molecule has 0 fully saturated rings. The lowest BCUT2D eigenvalue weighted by molar-refractivity contribution is 0.851. The molecule has 3 heteroatoms. The van der Waals surface area contributed by atoms with Crippen LogP contribution < -0.4 is 10.8 Å². The van der Waals surface area contributed by atoms with Gasteiger partial charge in [-0.05, 0) is 6.42 Å². The first-order valence-electron chi connectivity index (χ1n) is 3.58. The molecule has 0 saturated carbocycles. The Kier molecular flexibility index (Phi) is 1.35. The average Bonchev–Trinajstić information content (AvgIpc) is 2.25. The molecule has 0 N–H and O–H groups in total. The lowest BCUT2D eigenvalue weighted by Gasteiger charge is -1.83. The molecule has 0 radical (unpaired) electrons. The van der Waals surface area contributed by atoms with Crippen LogP contribution >= 0.6 is 0 Å². The van der Waals surface area contributed by atoms with Crippen LogP contribution in [-0.4, -0.2) is 9.55 Å². The summed E-state index contributed by atoms with van der Waals surface area (Å²) in [6, 6.07) is 0. The molecule has 1 aliphatic rings. The van der Waals surface area contributed by atoms with Crippen molar-refractivity contribution in [2.24, 2.45) is 12.0 Å². The number of allylic oxidation sites excluding steroid dienone is 1. The molecule has 0 amide bonds. The monoisotopic (exact) mass is 147 g/mol. The van der Waals surface area contributed by atoms with Crippen LogP contribution in [0.4, 0.5) is 0 Å². The van der Waals surface area contributed by atoms with Gasteiger partial charge in [-0.3, -0.25) is 0 Å². The summed E-state index contributed by atoms with van der Waals surface area (Å²) in [4.78, 5) is 8.42. The zero-order chi connectivity index (χ0) is 7.68. The second-order valence-electron chi connectivity index (χ2n) is 2.52. The summed E-state index contributed by atoms with van der Waals surface area (Å²) in [6.45, 7) is 0. The molecule has 0 bridgehead atoms. The fourth-order valence-electron chi connectivity index (χ4n) is 1.11. The third kappa shape index (κ3) is 0.981. The molecule has 2 rings (SSSR count). The normalized spacial score (nSPS) is 14.6. The number of aromatic nitrogens is 2. The van der Waals surface area contributed by atoms with Gasteiger partial charge in [0.1, 0.15) is 5.35 Å². The predicted octanol–water partition coefficient (Wildman–Crippen LogP) is -0.262. The summed E-state index contributed by atoms with van der Waals surface area (Å²) < 4.78 is 1.92. The highest BCUT2D eigenvalue weighted by molar-refractivity contribution is 5.22. The maximum atomic E-state index is 4.23. The fraction of sp³-hybridized carbons (Fsp3) is 0.250. The van der Waals surface area contributed by atoms with Crippen molar-refractivity contribution in [3.63, 3.8) is 0 Å². The minimum absolute atomic E-state index is 0.924. The quantitative estimate of drug-likeness (QED) is 0.497. The molecule has 0 aromatic carbocycles. The van der Waals surface area contributed by atoms with Crippen molar-refractivity contribution in [3.05, 3.63) is 29.4 Å².